The Morgan fingerprint density at radius 1 is 1.38 bits per heavy atom. The second-order valence-corrected chi connectivity index (χ2v) is 8.85. The van der Waals surface area contributed by atoms with E-state index in [9.17, 15) is 4.79 Å². The van der Waals surface area contributed by atoms with Crippen LogP contribution in [0.25, 0.3) is 0 Å². The molecule has 0 aromatic carbocycles. The van der Waals surface area contributed by atoms with Gasteiger partial charge in [-0.25, -0.2) is 9.98 Å². The number of nitrogens with zero attached hydrogens (tertiary/aromatic N) is 3. The average Bonchev–Trinajstić information content (AvgIpc) is 3.31. The van der Waals surface area contributed by atoms with Gasteiger partial charge in [0.15, 0.2) is 5.96 Å². The van der Waals surface area contributed by atoms with Crippen LogP contribution in [0.4, 0.5) is 0 Å². The van der Waals surface area contributed by atoms with Gasteiger partial charge in [0.1, 0.15) is 12.3 Å². The topological polar surface area (TPSA) is 82.8 Å². The Kier molecular flexibility index (Phi) is 8.50. The van der Waals surface area contributed by atoms with Gasteiger partial charge in [0.25, 0.3) is 0 Å². The summed E-state index contributed by atoms with van der Waals surface area (Å²) >= 11 is 1.77. The molecular weight excluding hydrogens is 501 g/mol. The van der Waals surface area contributed by atoms with Crippen LogP contribution < -0.4 is 10.6 Å². The van der Waals surface area contributed by atoms with Crippen LogP contribution in [0.2, 0.25) is 0 Å². The number of guanidine groups is 1. The van der Waals surface area contributed by atoms with Gasteiger partial charge in [0.05, 0.1) is 12.7 Å². The minimum absolute atomic E-state index is 0. The lowest BCUT2D eigenvalue weighted by Gasteiger charge is -2.26. The highest BCUT2D eigenvalue weighted by molar-refractivity contribution is 14.0. The van der Waals surface area contributed by atoms with E-state index in [1.807, 2.05) is 11.8 Å². The zero-order valence-corrected chi connectivity index (χ0v) is 20.6. The molecule has 2 aromatic heterocycles. The molecule has 0 saturated heterocycles. The molecule has 3 rings (SSSR count). The highest BCUT2D eigenvalue weighted by Gasteiger charge is 2.21. The molecule has 0 saturated carbocycles. The fourth-order valence-corrected chi connectivity index (χ4v) is 3.84. The van der Waals surface area contributed by atoms with E-state index in [1.54, 1.807) is 17.5 Å². The molecule has 1 amide bonds. The lowest BCUT2D eigenvalue weighted by molar-refractivity contribution is -0.130. The third-order valence-electron chi connectivity index (χ3n) is 4.58. The molecule has 0 atom stereocenters. The third kappa shape index (κ3) is 6.43. The van der Waals surface area contributed by atoms with Gasteiger partial charge in [-0.15, -0.1) is 35.3 Å². The first-order valence-electron chi connectivity index (χ1n) is 9.67. The maximum absolute atomic E-state index is 12.6. The standard InChI is InChI=1S/C20H29N5O2S.HI/c1-5-21-19(23-11-17-22-10-16(27-17)20(2,3)4)24-12-18(26)25-8-6-15-14(13-25)7-9-28-15;/h7,9-10H,5-6,8,11-13H2,1-4H3,(H2,21,23,24);1H. The predicted octanol–water partition coefficient (Wildman–Crippen LogP) is 3.29. The van der Waals surface area contributed by atoms with Crippen molar-refractivity contribution in [1.82, 2.24) is 20.5 Å². The minimum atomic E-state index is -0.0764. The highest BCUT2D eigenvalue weighted by Crippen LogP contribution is 2.24. The number of aromatic nitrogens is 1. The SMILES string of the molecule is CCNC(=NCC(=O)N1CCc2sccc2C1)NCc1ncc(C(C)(C)C)o1.I. The molecule has 7 nitrogen and oxygen atoms in total. The zero-order chi connectivity index (χ0) is 20.1. The largest absolute Gasteiger partial charge is 0.443 e. The lowest BCUT2D eigenvalue weighted by Crippen LogP contribution is -2.40. The first-order chi connectivity index (χ1) is 13.4. The van der Waals surface area contributed by atoms with Gasteiger partial charge < -0.3 is 20.0 Å². The van der Waals surface area contributed by atoms with E-state index in [1.165, 1.54) is 10.4 Å². The third-order valence-corrected chi connectivity index (χ3v) is 5.60. The monoisotopic (exact) mass is 531 g/mol. The van der Waals surface area contributed by atoms with Crippen molar-refractivity contribution in [2.45, 2.75) is 52.6 Å². The Morgan fingerprint density at radius 2 is 2.17 bits per heavy atom. The van der Waals surface area contributed by atoms with E-state index in [-0.39, 0.29) is 41.8 Å². The molecule has 0 radical (unpaired) electrons. The molecule has 0 unspecified atom stereocenters. The van der Waals surface area contributed by atoms with Crippen molar-refractivity contribution in [3.8, 4) is 0 Å². The van der Waals surface area contributed by atoms with Crippen molar-refractivity contribution >= 4 is 47.2 Å². The summed E-state index contributed by atoms with van der Waals surface area (Å²) in [5, 5.41) is 8.44. The molecule has 29 heavy (non-hydrogen) atoms. The van der Waals surface area contributed by atoms with Crippen LogP contribution in [0, 0.1) is 0 Å². The van der Waals surface area contributed by atoms with E-state index in [2.05, 4.69) is 52.8 Å². The zero-order valence-electron chi connectivity index (χ0n) is 17.4. The Labute approximate surface area is 193 Å². The first kappa shape index (κ1) is 23.7. The molecule has 0 fully saturated rings. The molecule has 0 spiro atoms. The van der Waals surface area contributed by atoms with E-state index in [4.69, 9.17) is 4.42 Å². The molecule has 2 aromatic rings. The Hall–Kier alpha value is -1.62. The molecule has 0 bridgehead atoms. The number of halogens is 1. The Morgan fingerprint density at radius 3 is 2.86 bits per heavy atom. The van der Waals surface area contributed by atoms with Crippen LogP contribution in [0.15, 0.2) is 27.1 Å². The van der Waals surface area contributed by atoms with Crippen LogP contribution in [0.5, 0.6) is 0 Å². The molecule has 0 aliphatic carbocycles. The molecule has 2 N–H and O–H groups in total. The molecule has 9 heteroatoms. The molecule has 3 heterocycles. The van der Waals surface area contributed by atoms with E-state index in [0.717, 1.165) is 18.7 Å². The van der Waals surface area contributed by atoms with Gasteiger partial charge in [-0.1, -0.05) is 20.8 Å². The summed E-state index contributed by atoms with van der Waals surface area (Å²) in [6, 6.07) is 2.11. The smallest absolute Gasteiger partial charge is 0.244 e. The van der Waals surface area contributed by atoms with Gasteiger partial charge in [0, 0.05) is 29.9 Å². The average molecular weight is 531 g/mol. The summed E-state index contributed by atoms with van der Waals surface area (Å²) in [4.78, 5) is 24.6. The summed E-state index contributed by atoms with van der Waals surface area (Å²) in [6.45, 7) is 10.9. The van der Waals surface area contributed by atoms with Gasteiger partial charge in [-0.05, 0) is 30.4 Å². The van der Waals surface area contributed by atoms with E-state index >= 15 is 0 Å². The van der Waals surface area contributed by atoms with Crippen LogP contribution in [-0.2, 0) is 29.7 Å². The first-order valence-corrected chi connectivity index (χ1v) is 10.5. The summed E-state index contributed by atoms with van der Waals surface area (Å²) in [6.07, 6.45) is 2.70. The van der Waals surface area contributed by atoms with Crippen molar-refractivity contribution in [2.75, 3.05) is 19.6 Å². The van der Waals surface area contributed by atoms with Gasteiger partial charge >= 0.3 is 0 Å². The second-order valence-electron chi connectivity index (χ2n) is 7.85. The second kappa shape index (κ2) is 10.4. The summed E-state index contributed by atoms with van der Waals surface area (Å²) < 4.78 is 5.79. The maximum atomic E-state index is 12.6. The predicted molar refractivity (Wildman–Crippen MR) is 127 cm³/mol. The Balaban J connectivity index is 0.00000300. The van der Waals surface area contributed by atoms with Crippen molar-refractivity contribution < 1.29 is 9.21 Å². The van der Waals surface area contributed by atoms with Crippen molar-refractivity contribution in [3.05, 3.63) is 39.7 Å². The number of rotatable bonds is 5. The van der Waals surface area contributed by atoms with Gasteiger partial charge in [-0.2, -0.15) is 0 Å². The quantitative estimate of drug-likeness (QED) is 0.352. The molecular formula is C20H30IN5O2S. The van der Waals surface area contributed by atoms with Gasteiger partial charge in [0.2, 0.25) is 11.8 Å². The number of hydrogen-bond acceptors (Lipinski definition) is 5. The summed E-state index contributed by atoms with van der Waals surface area (Å²) in [5.74, 6) is 2.07. The molecule has 1 aliphatic heterocycles. The number of carbonyl (C=O) groups excluding carboxylic acids is 1. The molecule has 160 valence electrons. The van der Waals surface area contributed by atoms with Crippen LogP contribution >= 0.6 is 35.3 Å². The number of amides is 1. The number of fused-ring (bicyclic) bond motifs is 1. The number of carbonyl (C=O) groups is 1. The normalized spacial score (nSPS) is 14.2. The van der Waals surface area contributed by atoms with Crippen LogP contribution in [0.3, 0.4) is 0 Å². The fourth-order valence-electron chi connectivity index (χ4n) is 2.95. The van der Waals surface area contributed by atoms with Gasteiger partial charge in [-0.3, -0.25) is 4.79 Å². The van der Waals surface area contributed by atoms with Crippen molar-refractivity contribution in [3.63, 3.8) is 0 Å². The maximum Gasteiger partial charge on any atom is 0.244 e. The van der Waals surface area contributed by atoms with Crippen LogP contribution in [0.1, 0.15) is 49.8 Å². The Bertz CT molecular complexity index is 840. The highest BCUT2D eigenvalue weighted by atomic mass is 127. The fraction of sp³-hybridized carbons (Fsp3) is 0.550. The van der Waals surface area contributed by atoms with Crippen molar-refractivity contribution in [2.24, 2.45) is 4.99 Å². The van der Waals surface area contributed by atoms with E-state index < -0.39 is 0 Å². The number of oxazole rings is 1. The number of aliphatic imine (C=N–C) groups is 1. The number of nitrogens with one attached hydrogen (secondary N) is 2. The lowest BCUT2D eigenvalue weighted by atomic mass is 9.94. The number of thiophene rings is 1. The summed E-state index contributed by atoms with van der Waals surface area (Å²) in [5.41, 5.74) is 1.18. The minimum Gasteiger partial charge on any atom is -0.443 e. The van der Waals surface area contributed by atoms with Crippen LogP contribution in [-0.4, -0.2) is 41.4 Å². The van der Waals surface area contributed by atoms with E-state index in [0.29, 0.717) is 31.5 Å². The van der Waals surface area contributed by atoms with Crippen molar-refractivity contribution in [1.29, 1.82) is 0 Å². The molecule has 1 aliphatic rings. The number of hydrogen-bond donors (Lipinski definition) is 2. The summed E-state index contributed by atoms with van der Waals surface area (Å²) in [7, 11) is 0.